The molecule has 1 atom stereocenters. The third-order valence-corrected chi connectivity index (χ3v) is 2.78. The highest BCUT2D eigenvalue weighted by molar-refractivity contribution is 6.13. The normalized spacial score (nSPS) is 17.0. The standard InChI is InChI=1S/C12H16N4O2/c1-7-5-8(2)14-12(13-7)16-11(17)6-10(15-16)9(3)18-4/h5,9H,6H2,1-4H3. The number of hydrogen-bond acceptors (Lipinski definition) is 5. The van der Waals surface area contributed by atoms with Gasteiger partial charge in [0.25, 0.3) is 11.9 Å². The zero-order valence-electron chi connectivity index (χ0n) is 11.0. The van der Waals surface area contributed by atoms with Gasteiger partial charge in [-0.3, -0.25) is 4.79 Å². The number of methoxy groups -OCH3 is 1. The molecule has 1 aromatic rings. The van der Waals surface area contributed by atoms with Crippen LogP contribution < -0.4 is 5.01 Å². The highest BCUT2D eigenvalue weighted by Crippen LogP contribution is 2.18. The minimum atomic E-state index is -0.176. The van der Waals surface area contributed by atoms with Gasteiger partial charge in [-0.1, -0.05) is 0 Å². The summed E-state index contributed by atoms with van der Waals surface area (Å²) in [7, 11) is 1.59. The Labute approximate surface area is 106 Å². The Bertz CT molecular complexity index is 493. The van der Waals surface area contributed by atoms with Crippen molar-refractivity contribution in [3.63, 3.8) is 0 Å². The molecular formula is C12H16N4O2. The van der Waals surface area contributed by atoms with E-state index >= 15 is 0 Å². The van der Waals surface area contributed by atoms with Crippen LogP contribution in [0.1, 0.15) is 24.7 Å². The van der Waals surface area contributed by atoms with E-state index in [4.69, 9.17) is 4.74 Å². The number of amides is 1. The van der Waals surface area contributed by atoms with Gasteiger partial charge >= 0.3 is 0 Å². The number of carbonyl (C=O) groups is 1. The van der Waals surface area contributed by atoms with Crippen LogP contribution in [0.25, 0.3) is 0 Å². The van der Waals surface area contributed by atoms with Crippen LogP contribution in [0, 0.1) is 13.8 Å². The first kappa shape index (κ1) is 12.6. The molecule has 0 aromatic carbocycles. The van der Waals surface area contributed by atoms with E-state index in [9.17, 15) is 4.79 Å². The molecule has 0 N–H and O–H groups in total. The van der Waals surface area contributed by atoms with Crippen LogP contribution in [-0.4, -0.2) is 34.8 Å². The van der Waals surface area contributed by atoms with Gasteiger partial charge in [0, 0.05) is 18.5 Å². The summed E-state index contributed by atoms with van der Waals surface area (Å²) in [5.41, 5.74) is 2.33. The summed E-state index contributed by atoms with van der Waals surface area (Å²) in [6.45, 7) is 5.58. The number of hydrogen-bond donors (Lipinski definition) is 0. The van der Waals surface area contributed by atoms with Gasteiger partial charge in [0.1, 0.15) is 0 Å². The van der Waals surface area contributed by atoms with Crippen LogP contribution in [0.15, 0.2) is 11.2 Å². The number of ether oxygens (including phenoxy) is 1. The molecule has 0 saturated carbocycles. The molecule has 2 heterocycles. The van der Waals surface area contributed by atoms with Crippen molar-refractivity contribution >= 4 is 17.6 Å². The van der Waals surface area contributed by atoms with Crippen LogP contribution in [-0.2, 0) is 9.53 Å². The molecule has 6 nitrogen and oxygen atoms in total. The van der Waals surface area contributed by atoms with Crippen LogP contribution in [0.5, 0.6) is 0 Å². The molecule has 2 rings (SSSR count). The predicted octanol–water partition coefficient (Wildman–Crippen LogP) is 1.22. The summed E-state index contributed by atoms with van der Waals surface area (Å²) in [6.07, 6.45) is 0.0793. The lowest BCUT2D eigenvalue weighted by molar-refractivity contribution is -0.117. The van der Waals surface area contributed by atoms with Crippen molar-refractivity contribution in [2.45, 2.75) is 33.3 Å². The quantitative estimate of drug-likeness (QED) is 0.806. The molecule has 1 unspecified atom stereocenters. The van der Waals surface area contributed by atoms with Crippen molar-refractivity contribution in [1.82, 2.24) is 9.97 Å². The zero-order chi connectivity index (χ0) is 13.3. The Balaban J connectivity index is 2.33. The fraction of sp³-hybridized carbons (Fsp3) is 0.500. The van der Waals surface area contributed by atoms with Crippen LogP contribution >= 0.6 is 0 Å². The second-order valence-corrected chi connectivity index (χ2v) is 4.30. The average Bonchev–Trinajstić information content (AvgIpc) is 2.69. The van der Waals surface area contributed by atoms with Crippen LogP contribution in [0.3, 0.4) is 0 Å². The molecule has 1 aliphatic heterocycles. The number of aryl methyl sites for hydroxylation is 2. The Hall–Kier alpha value is -1.82. The van der Waals surface area contributed by atoms with Gasteiger partial charge in [-0.25, -0.2) is 9.97 Å². The average molecular weight is 248 g/mol. The Morgan fingerprint density at radius 1 is 1.33 bits per heavy atom. The van der Waals surface area contributed by atoms with Gasteiger partial charge < -0.3 is 4.74 Å². The van der Waals surface area contributed by atoms with E-state index in [-0.39, 0.29) is 18.4 Å². The third-order valence-electron chi connectivity index (χ3n) is 2.78. The van der Waals surface area contributed by atoms with Crippen molar-refractivity contribution in [1.29, 1.82) is 0 Å². The summed E-state index contributed by atoms with van der Waals surface area (Å²) in [6, 6.07) is 1.85. The molecule has 0 saturated heterocycles. The number of hydrazone groups is 1. The lowest BCUT2D eigenvalue weighted by Crippen LogP contribution is -2.22. The predicted molar refractivity (Wildman–Crippen MR) is 67.5 cm³/mol. The Kier molecular flexibility index (Phi) is 3.38. The Morgan fingerprint density at radius 3 is 2.50 bits per heavy atom. The zero-order valence-corrected chi connectivity index (χ0v) is 11.0. The molecule has 96 valence electrons. The number of nitrogens with zero attached hydrogens (tertiary/aromatic N) is 4. The van der Waals surface area contributed by atoms with E-state index in [1.165, 1.54) is 5.01 Å². The van der Waals surface area contributed by atoms with Crippen LogP contribution in [0.2, 0.25) is 0 Å². The maximum atomic E-state index is 11.9. The van der Waals surface area contributed by atoms with Crippen molar-refractivity contribution in [2.75, 3.05) is 12.1 Å². The molecule has 1 aromatic heterocycles. The molecule has 0 bridgehead atoms. The third kappa shape index (κ3) is 2.38. The van der Waals surface area contributed by atoms with Crippen molar-refractivity contribution < 1.29 is 9.53 Å². The van der Waals surface area contributed by atoms with E-state index in [1.807, 2.05) is 26.8 Å². The summed E-state index contributed by atoms with van der Waals surface area (Å²) in [5.74, 6) is 0.203. The summed E-state index contributed by atoms with van der Waals surface area (Å²) < 4.78 is 5.16. The molecular weight excluding hydrogens is 232 g/mol. The first-order valence-electron chi connectivity index (χ1n) is 5.76. The Morgan fingerprint density at radius 2 is 1.94 bits per heavy atom. The summed E-state index contributed by atoms with van der Waals surface area (Å²) in [5, 5.41) is 5.50. The molecule has 1 amide bonds. The largest absolute Gasteiger partial charge is 0.376 e. The number of carbonyl (C=O) groups excluding carboxylic acids is 1. The molecule has 1 aliphatic rings. The van der Waals surface area contributed by atoms with E-state index in [0.717, 1.165) is 11.4 Å². The van der Waals surface area contributed by atoms with Crippen LogP contribution in [0.4, 0.5) is 5.95 Å². The van der Waals surface area contributed by atoms with Gasteiger partial charge in [-0.2, -0.15) is 10.1 Å². The van der Waals surface area contributed by atoms with E-state index < -0.39 is 0 Å². The molecule has 18 heavy (non-hydrogen) atoms. The second kappa shape index (κ2) is 4.81. The van der Waals surface area contributed by atoms with Gasteiger partial charge in [-0.15, -0.1) is 0 Å². The van der Waals surface area contributed by atoms with Crippen molar-refractivity contribution in [3.05, 3.63) is 17.5 Å². The first-order valence-corrected chi connectivity index (χ1v) is 5.76. The molecule has 0 radical (unpaired) electrons. The maximum absolute atomic E-state index is 11.9. The van der Waals surface area contributed by atoms with E-state index in [2.05, 4.69) is 15.1 Å². The van der Waals surface area contributed by atoms with Gasteiger partial charge in [0.2, 0.25) is 0 Å². The smallest absolute Gasteiger partial charge is 0.255 e. The molecule has 0 spiro atoms. The fourth-order valence-corrected chi connectivity index (χ4v) is 1.77. The summed E-state index contributed by atoms with van der Waals surface area (Å²) in [4.78, 5) is 20.4. The molecule has 0 fully saturated rings. The monoisotopic (exact) mass is 248 g/mol. The maximum Gasteiger partial charge on any atom is 0.255 e. The first-order chi connectivity index (χ1) is 8.51. The number of aromatic nitrogens is 2. The van der Waals surface area contributed by atoms with E-state index in [1.54, 1.807) is 7.11 Å². The second-order valence-electron chi connectivity index (χ2n) is 4.30. The highest BCUT2D eigenvalue weighted by atomic mass is 16.5. The minimum Gasteiger partial charge on any atom is -0.376 e. The lowest BCUT2D eigenvalue weighted by Gasteiger charge is -2.10. The fourth-order valence-electron chi connectivity index (χ4n) is 1.77. The highest BCUT2D eigenvalue weighted by Gasteiger charge is 2.30. The van der Waals surface area contributed by atoms with Gasteiger partial charge in [-0.05, 0) is 26.8 Å². The lowest BCUT2D eigenvalue weighted by atomic mass is 10.2. The minimum absolute atomic E-state index is 0.126. The van der Waals surface area contributed by atoms with Crippen molar-refractivity contribution in [2.24, 2.45) is 5.10 Å². The van der Waals surface area contributed by atoms with Crippen molar-refractivity contribution in [3.8, 4) is 0 Å². The summed E-state index contributed by atoms with van der Waals surface area (Å²) >= 11 is 0. The molecule has 6 heteroatoms. The van der Waals surface area contributed by atoms with E-state index in [0.29, 0.717) is 11.7 Å². The SMILES string of the molecule is COC(C)C1=NN(c2nc(C)cc(C)n2)C(=O)C1. The topological polar surface area (TPSA) is 67.7 Å². The number of rotatable bonds is 3. The number of anilines is 1. The molecule has 0 aliphatic carbocycles. The van der Waals surface area contributed by atoms with Gasteiger partial charge in [0.15, 0.2) is 0 Å². The van der Waals surface area contributed by atoms with Gasteiger partial charge in [0.05, 0.1) is 18.2 Å².